The molecule has 2 saturated heterocycles. The fraction of sp³-hybridized carbons (Fsp3) is 0.394. The van der Waals surface area contributed by atoms with Crippen molar-refractivity contribution in [2.45, 2.75) is 137 Å². The molecule has 8 heteroatoms. The number of aromatic nitrogens is 6. The number of hydrogen-bond donors (Lipinski definition) is 8. The Morgan fingerprint density at radius 1 is 0.324 bits per heavy atom. The van der Waals surface area contributed by atoms with E-state index in [-0.39, 0.29) is 10.8 Å². The van der Waals surface area contributed by atoms with E-state index in [1.807, 2.05) is 0 Å². The zero-order valence-electron chi connectivity index (χ0n) is 47.5. The molecule has 0 amide bonds. The van der Waals surface area contributed by atoms with Gasteiger partial charge in [-0.2, -0.15) is 0 Å². The minimum absolute atomic E-state index is 0.0566. The van der Waals surface area contributed by atoms with Crippen molar-refractivity contribution < 1.29 is 0 Å². The molecule has 6 atom stereocenters. The van der Waals surface area contributed by atoms with Gasteiger partial charge in [-0.1, -0.05) is 39.8 Å². The van der Waals surface area contributed by atoms with Gasteiger partial charge in [-0.3, -0.25) is 0 Å². The second kappa shape index (κ2) is 17.4. The number of fused-ring (bicyclic) bond motifs is 22. The number of nitrogens with one attached hydrogen (secondary N) is 8. The maximum Gasteiger partial charge on any atom is 0.0442 e. The average molecular weight is 985 g/mol. The molecule has 6 aromatic heterocycles. The topological polar surface area (TPSA) is 119 Å². The Hall–Kier alpha value is -6.80. The van der Waals surface area contributed by atoms with Gasteiger partial charge in [-0.25, -0.2) is 0 Å². The lowest BCUT2D eigenvalue weighted by Gasteiger charge is -2.40. The van der Waals surface area contributed by atoms with Crippen molar-refractivity contribution in [3.8, 4) is 0 Å². The summed E-state index contributed by atoms with van der Waals surface area (Å²) in [5.74, 6) is 2.32. The molecular formula is C66H80N8. The second-order valence-electron chi connectivity index (χ2n) is 23.9. The molecule has 4 aliphatic heterocycles. The van der Waals surface area contributed by atoms with Gasteiger partial charge in [-0.05, 0) is 260 Å². The van der Waals surface area contributed by atoms with Gasteiger partial charge in [-0.15, -0.1) is 0 Å². The maximum absolute atomic E-state index is 3.90. The molecule has 8 N–H and O–H groups in total. The molecule has 6 aromatic rings. The number of allylic oxidation sites excluding steroid dienone is 6. The third-order valence-corrected chi connectivity index (χ3v) is 20.4. The van der Waals surface area contributed by atoms with Gasteiger partial charge in [0.15, 0.2) is 0 Å². The van der Waals surface area contributed by atoms with E-state index in [4.69, 9.17) is 0 Å². The Kier molecular flexibility index (Phi) is 11.6. The highest BCUT2D eigenvalue weighted by molar-refractivity contribution is 5.75. The Morgan fingerprint density at radius 3 is 0.838 bits per heavy atom. The van der Waals surface area contributed by atoms with E-state index in [1.54, 1.807) is 0 Å². The molecule has 10 heterocycles. The molecule has 0 spiro atoms. The molecule has 0 radical (unpaired) electrons. The van der Waals surface area contributed by atoms with Crippen molar-refractivity contribution >= 4 is 48.6 Å². The molecule has 2 fully saturated rings. The lowest BCUT2D eigenvalue weighted by molar-refractivity contribution is 0.219. The van der Waals surface area contributed by atoms with Gasteiger partial charge in [0.05, 0.1) is 0 Å². The van der Waals surface area contributed by atoms with Crippen LogP contribution in [0, 0.1) is 118 Å². The fourth-order valence-corrected chi connectivity index (χ4v) is 13.2. The third-order valence-electron chi connectivity index (χ3n) is 20.4. The summed E-state index contributed by atoms with van der Waals surface area (Å²) in [4.78, 5) is 22.5. The minimum atomic E-state index is -0.0566. The number of hydrogen-bond acceptors (Lipinski definition) is 2. The molecule has 6 unspecified atom stereocenters. The van der Waals surface area contributed by atoms with E-state index in [9.17, 15) is 0 Å². The van der Waals surface area contributed by atoms with Crippen LogP contribution >= 0.6 is 0 Å². The van der Waals surface area contributed by atoms with Crippen LogP contribution in [0.1, 0.15) is 167 Å². The monoisotopic (exact) mass is 985 g/mol. The first-order valence-corrected chi connectivity index (χ1v) is 27.4. The highest BCUT2D eigenvalue weighted by Gasteiger charge is 2.50. The van der Waals surface area contributed by atoms with Gasteiger partial charge in [0.25, 0.3) is 0 Å². The van der Waals surface area contributed by atoms with Crippen molar-refractivity contribution in [1.29, 1.82) is 0 Å². The van der Waals surface area contributed by atoms with Crippen LogP contribution in [0.5, 0.6) is 0 Å². The largest absolute Gasteiger partial charge is 0.358 e. The Labute approximate surface area is 438 Å². The summed E-state index contributed by atoms with van der Waals surface area (Å²) in [5.41, 5.74) is 32.7. The highest BCUT2D eigenvalue weighted by atomic mass is 15.0. The molecule has 8 nitrogen and oxygen atoms in total. The van der Waals surface area contributed by atoms with E-state index in [0.29, 0.717) is 23.7 Å². The van der Waals surface area contributed by atoms with Gasteiger partial charge in [0.2, 0.25) is 0 Å². The third kappa shape index (κ3) is 7.35. The zero-order valence-corrected chi connectivity index (χ0v) is 47.5. The first kappa shape index (κ1) is 49.4. The second-order valence-corrected chi connectivity index (χ2v) is 23.9. The number of H-pyrrole nitrogens is 6. The van der Waals surface area contributed by atoms with Crippen LogP contribution in [-0.4, -0.2) is 29.9 Å². The van der Waals surface area contributed by atoms with E-state index >= 15 is 0 Å². The van der Waals surface area contributed by atoms with Crippen molar-refractivity contribution in [1.82, 2.24) is 40.5 Å². The summed E-state index contributed by atoms with van der Waals surface area (Å²) < 4.78 is 0. The first-order valence-electron chi connectivity index (χ1n) is 27.4. The summed E-state index contributed by atoms with van der Waals surface area (Å²) in [6, 6.07) is 0. The summed E-state index contributed by atoms with van der Waals surface area (Å²) >= 11 is 0. The summed E-state index contributed by atoms with van der Waals surface area (Å²) in [5, 5.41) is 12.4. The normalized spacial score (nSPS) is 24.4. The highest BCUT2D eigenvalue weighted by Crippen LogP contribution is 2.57. The molecule has 74 heavy (non-hydrogen) atoms. The van der Waals surface area contributed by atoms with Crippen molar-refractivity contribution in [3.63, 3.8) is 0 Å². The zero-order chi connectivity index (χ0) is 52.8. The van der Waals surface area contributed by atoms with E-state index in [0.717, 1.165) is 45.6 Å². The quantitative estimate of drug-likeness (QED) is 0.0774. The predicted octanol–water partition coefficient (Wildman–Crippen LogP) is 12.2. The maximum atomic E-state index is 3.90. The van der Waals surface area contributed by atoms with Crippen LogP contribution in [0.3, 0.4) is 0 Å². The average Bonchev–Trinajstić information content (AvgIpc) is 4.21. The van der Waals surface area contributed by atoms with E-state index in [1.165, 1.54) is 135 Å². The molecule has 384 valence electrons. The lowest BCUT2D eigenvalue weighted by Crippen LogP contribution is -2.34. The van der Waals surface area contributed by atoms with Crippen LogP contribution in [0.2, 0.25) is 0 Å². The van der Waals surface area contributed by atoms with Crippen LogP contribution < -0.4 is 32.0 Å². The van der Waals surface area contributed by atoms with Crippen LogP contribution in [-0.2, 0) is 0 Å². The first-order chi connectivity index (χ1) is 35.0. The molecule has 16 bridgehead atoms. The minimum Gasteiger partial charge on any atom is -0.358 e. The molecule has 12 rings (SSSR count). The number of aromatic amines is 6. The standard InChI is InChI=1S/2C33H40N4/c2*1-16-10-11-24-31-14-29-20(5)19(4)27(35-29)12-25-17(2)18(3)26(34-25)13-28-21(6)22(7)30(36-28)15-32(37-31)33(24,9)23(16)8/h2*11-16,23,34-37H,10H2,1-9H3. The summed E-state index contributed by atoms with van der Waals surface area (Å²) in [6.45, 7) is 41.2. The summed E-state index contributed by atoms with van der Waals surface area (Å²) in [7, 11) is 0. The van der Waals surface area contributed by atoms with E-state index in [2.05, 4.69) is 226 Å². The molecule has 6 aliphatic rings. The Bertz CT molecular complexity index is 3600. The number of rotatable bonds is 0. The van der Waals surface area contributed by atoms with Crippen LogP contribution in [0.4, 0.5) is 0 Å². The predicted molar refractivity (Wildman–Crippen MR) is 311 cm³/mol. The molecule has 0 aromatic carbocycles. The van der Waals surface area contributed by atoms with Crippen molar-refractivity contribution in [2.24, 2.45) is 34.5 Å². The fourth-order valence-electron chi connectivity index (χ4n) is 13.2. The molecule has 2 aliphatic carbocycles. The Morgan fingerprint density at radius 2 is 0.568 bits per heavy atom. The van der Waals surface area contributed by atoms with Crippen molar-refractivity contribution in [3.05, 3.63) is 180 Å². The molecular weight excluding hydrogens is 905 g/mol. The van der Waals surface area contributed by atoms with Crippen LogP contribution in [0.15, 0.2) is 46.1 Å². The van der Waals surface area contributed by atoms with Gasteiger partial charge in [0, 0.05) is 101 Å². The van der Waals surface area contributed by atoms with Gasteiger partial charge >= 0.3 is 0 Å². The van der Waals surface area contributed by atoms with Crippen LogP contribution in [0.25, 0.3) is 48.6 Å². The van der Waals surface area contributed by atoms with Gasteiger partial charge < -0.3 is 40.5 Å². The molecule has 0 saturated carbocycles. The SMILES string of the molecule is Cc1c2[nH]c(c1C)C=c1[nH]c(c(C)c1C)=Cc1[nH]c(c(C)c1C)C=C1NC(=C2)C2=CCC(C)C(C)C12C.Cc1c2[nH]c(c1C)C=c1[nH]c(c(C)c1C)=Cc1[nH]c(c(C)c1C)C=C1NC(=C2)C2=CCC(C)C(C)C12C. The summed E-state index contributed by atoms with van der Waals surface area (Å²) in [6.07, 6.45) is 25.7. The Balaban J connectivity index is 0.000000159. The van der Waals surface area contributed by atoms with Crippen molar-refractivity contribution in [2.75, 3.05) is 0 Å². The van der Waals surface area contributed by atoms with E-state index < -0.39 is 0 Å². The smallest absolute Gasteiger partial charge is 0.0442 e. The lowest BCUT2D eigenvalue weighted by atomic mass is 9.62. The van der Waals surface area contributed by atoms with Gasteiger partial charge in [0.1, 0.15) is 0 Å².